The van der Waals surface area contributed by atoms with E-state index in [1.807, 2.05) is 25.4 Å². The zero-order chi connectivity index (χ0) is 13.8. The number of nitrogens with one attached hydrogen (secondary N) is 1. The van der Waals surface area contributed by atoms with Crippen LogP contribution in [0.1, 0.15) is 24.2 Å². The first kappa shape index (κ1) is 14.2. The second kappa shape index (κ2) is 6.30. The number of aryl methyl sites for hydroxylation is 1. The van der Waals surface area contributed by atoms with E-state index in [0.717, 1.165) is 24.2 Å². The van der Waals surface area contributed by atoms with Crippen LogP contribution >= 0.6 is 15.9 Å². The molecule has 19 heavy (non-hydrogen) atoms. The molecule has 0 aliphatic carbocycles. The second-order valence-corrected chi connectivity index (χ2v) is 5.43. The molecule has 1 aromatic heterocycles. The van der Waals surface area contributed by atoms with Crippen molar-refractivity contribution in [3.8, 4) is 0 Å². The van der Waals surface area contributed by atoms with E-state index in [2.05, 4.69) is 33.3 Å². The molecule has 102 valence electrons. The van der Waals surface area contributed by atoms with Gasteiger partial charge in [0.2, 0.25) is 0 Å². The molecule has 1 N–H and O–H groups in total. The van der Waals surface area contributed by atoms with Crippen molar-refractivity contribution in [3.63, 3.8) is 0 Å². The molecule has 1 atom stereocenters. The Balaban J connectivity index is 1.86. The summed E-state index contributed by atoms with van der Waals surface area (Å²) in [6.07, 6.45) is 2.82. The highest BCUT2D eigenvalue weighted by Gasteiger charge is 2.07. The Labute approximate surface area is 121 Å². The third-order valence-electron chi connectivity index (χ3n) is 3.04. The maximum Gasteiger partial charge on any atom is 0.137 e. The van der Waals surface area contributed by atoms with E-state index in [1.165, 1.54) is 6.07 Å². The van der Waals surface area contributed by atoms with Crippen LogP contribution in [-0.4, -0.2) is 16.3 Å². The molecule has 0 aliphatic rings. The lowest BCUT2D eigenvalue weighted by atomic mass is 10.1. The van der Waals surface area contributed by atoms with Gasteiger partial charge in [-0.2, -0.15) is 5.10 Å². The van der Waals surface area contributed by atoms with E-state index in [4.69, 9.17) is 0 Å². The van der Waals surface area contributed by atoms with E-state index in [1.54, 1.807) is 10.7 Å². The van der Waals surface area contributed by atoms with Crippen LogP contribution in [0, 0.1) is 5.82 Å². The summed E-state index contributed by atoms with van der Waals surface area (Å²) in [4.78, 5) is 0. The minimum absolute atomic E-state index is 0.181. The van der Waals surface area contributed by atoms with Gasteiger partial charge in [0.25, 0.3) is 0 Å². The molecule has 2 rings (SSSR count). The predicted molar refractivity (Wildman–Crippen MR) is 77.4 cm³/mol. The third kappa shape index (κ3) is 3.88. The van der Waals surface area contributed by atoms with Gasteiger partial charge in [0.1, 0.15) is 5.82 Å². The minimum atomic E-state index is -0.232. The van der Waals surface area contributed by atoms with Crippen LogP contribution in [0.25, 0.3) is 0 Å². The summed E-state index contributed by atoms with van der Waals surface area (Å²) >= 11 is 3.21. The summed E-state index contributed by atoms with van der Waals surface area (Å²) < 4.78 is 15.5. The highest BCUT2D eigenvalue weighted by atomic mass is 79.9. The smallest absolute Gasteiger partial charge is 0.137 e. The summed E-state index contributed by atoms with van der Waals surface area (Å²) in [5.74, 6) is -0.232. The Morgan fingerprint density at radius 1 is 1.42 bits per heavy atom. The Kier molecular flexibility index (Phi) is 4.71. The summed E-state index contributed by atoms with van der Waals surface area (Å²) in [7, 11) is 1.91. The van der Waals surface area contributed by atoms with Crippen molar-refractivity contribution >= 4 is 15.9 Å². The molecule has 3 nitrogen and oxygen atoms in total. The molecule has 0 bridgehead atoms. The Morgan fingerprint density at radius 2 is 2.21 bits per heavy atom. The van der Waals surface area contributed by atoms with Gasteiger partial charge >= 0.3 is 0 Å². The van der Waals surface area contributed by atoms with Crippen molar-refractivity contribution in [2.24, 2.45) is 7.05 Å². The molecule has 0 radical (unpaired) electrons. The van der Waals surface area contributed by atoms with Gasteiger partial charge < -0.3 is 5.32 Å². The number of hydrogen-bond donors (Lipinski definition) is 1. The topological polar surface area (TPSA) is 29.9 Å². The van der Waals surface area contributed by atoms with Gasteiger partial charge in [-0.05, 0) is 46.6 Å². The number of rotatable bonds is 5. The fraction of sp³-hybridized carbons (Fsp3) is 0.357. The minimum Gasteiger partial charge on any atom is -0.310 e. The first-order valence-electron chi connectivity index (χ1n) is 6.23. The zero-order valence-corrected chi connectivity index (χ0v) is 12.6. The van der Waals surface area contributed by atoms with Crippen molar-refractivity contribution in [3.05, 3.63) is 52.0 Å². The molecule has 0 spiro atoms. The quantitative estimate of drug-likeness (QED) is 0.914. The van der Waals surface area contributed by atoms with Gasteiger partial charge in [-0.3, -0.25) is 4.68 Å². The average Bonchev–Trinajstić information content (AvgIpc) is 2.78. The van der Waals surface area contributed by atoms with Crippen molar-refractivity contribution in [1.82, 2.24) is 15.1 Å². The van der Waals surface area contributed by atoms with Crippen molar-refractivity contribution in [2.45, 2.75) is 19.4 Å². The molecular weight excluding hydrogens is 309 g/mol. The predicted octanol–water partition coefficient (Wildman–Crippen LogP) is 3.22. The van der Waals surface area contributed by atoms with Crippen LogP contribution in [0.2, 0.25) is 0 Å². The molecule has 5 heteroatoms. The lowest BCUT2D eigenvalue weighted by Gasteiger charge is -2.14. The normalized spacial score (nSPS) is 12.6. The number of benzene rings is 1. The highest BCUT2D eigenvalue weighted by molar-refractivity contribution is 9.10. The number of halogens is 2. The van der Waals surface area contributed by atoms with E-state index >= 15 is 0 Å². The maximum absolute atomic E-state index is 13.2. The lowest BCUT2D eigenvalue weighted by molar-refractivity contribution is 0.567. The average molecular weight is 326 g/mol. The van der Waals surface area contributed by atoms with E-state index in [9.17, 15) is 4.39 Å². The number of hydrogen-bond acceptors (Lipinski definition) is 2. The molecule has 0 amide bonds. The van der Waals surface area contributed by atoms with Crippen molar-refractivity contribution in [2.75, 3.05) is 6.54 Å². The molecule has 2 aromatic rings. The van der Waals surface area contributed by atoms with Gasteiger partial charge in [-0.15, -0.1) is 0 Å². The Morgan fingerprint density at radius 3 is 2.84 bits per heavy atom. The van der Waals surface area contributed by atoms with E-state index in [-0.39, 0.29) is 11.9 Å². The fourth-order valence-electron chi connectivity index (χ4n) is 1.91. The molecule has 1 aromatic carbocycles. The van der Waals surface area contributed by atoms with Crippen LogP contribution in [-0.2, 0) is 13.5 Å². The second-order valence-electron chi connectivity index (χ2n) is 4.58. The molecule has 0 fully saturated rings. The van der Waals surface area contributed by atoms with Gasteiger partial charge in [0.15, 0.2) is 0 Å². The summed E-state index contributed by atoms with van der Waals surface area (Å²) in [6, 6.07) is 7.30. The van der Waals surface area contributed by atoms with Crippen molar-refractivity contribution in [1.29, 1.82) is 0 Å². The number of nitrogens with zero attached hydrogens (tertiary/aromatic N) is 2. The third-order valence-corrected chi connectivity index (χ3v) is 3.65. The largest absolute Gasteiger partial charge is 0.310 e. The first-order valence-corrected chi connectivity index (χ1v) is 7.02. The SMILES string of the molecule is CC(NCCc1ccn(C)n1)c1ccc(F)c(Br)c1. The molecule has 0 saturated heterocycles. The lowest BCUT2D eigenvalue weighted by Crippen LogP contribution is -2.21. The van der Waals surface area contributed by atoms with Crippen LogP contribution in [0.5, 0.6) is 0 Å². The molecule has 0 saturated carbocycles. The van der Waals surface area contributed by atoms with Crippen LogP contribution in [0.3, 0.4) is 0 Å². The zero-order valence-electron chi connectivity index (χ0n) is 11.0. The van der Waals surface area contributed by atoms with Crippen molar-refractivity contribution < 1.29 is 4.39 Å². The summed E-state index contributed by atoms with van der Waals surface area (Å²) in [5.41, 5.74) is 2.14. The molecule has 1 heterocycles. The van der Waals surface area contributed by atoms with Gasteiger partial charge in [-0.25, -0.2) is 4.39 Å². The summed E-state index contributed by atoms with van der Waals surface area (Å²) in [5, 5.41) is 7.74. The summed E-state index contributed by atoms with van der Waals surface area (Å²) in [6.45, 7) is 2.91. The first-order chi connectivity index (χ1) is 9.06. The number of aromatic nitrogens is 2. The highest BCUT2D eigenvalue weighted by Crippen LogP contribution is 2.21. The van der Waals surface area contributed by atoms with E-state index in [0.29, 0.717) is 4.47 Å². The maximum atomic E-state index is 13.2. The molecule has 0 aliphatic heterocycles. The Bertz CT molecular complexity index is 553. The molecule has 1 unspecified atom stereocenters. The molecular formula is C14H17BrFN3. The standard InChI is InChI=1S/C14H17BrFN3/c1-10(11-3-4-14(16)13(15)9-11)17-7-5-12-6-8-19(2)18-12/h3-4,6,8-10,17H,5,7H2,1-2H3. The van der Waals surface area contributed by atoms with Gasteiger partial charge in [0.05, 0.1) is 10.2 Å². The fourth-order valence-corrected chi connectivity index (χ4v) is 2.31. The van der Waals surface area contributed by atoms with Crippen LogP contribution in [0.15, 0.2) is 34.9 Å². The van der Waals surface area contributed by atoms with Gasteiger partial charge in [-0.1, -0.05) is 6.07 Å². The van der Waals surface area contributed by atoms with Crippen LogP contribution in [0.4, 0.5) is 4.39 Å². The van der Waals surface area contributed by atoms with Crippen LogP contribution < -0.4 is 5.32 Å². The monoisotopic (exact) mass is 325 g/mol. The Hall–Kier alpha value is -1.20. The van der Waals surface area contributed by atoms with E-state index < -0.39 is 0 Å². The van der Waals surface area contributed by atoms with Gasteiger partial charge in [0, 0.05) is 32.3 Å².